The molecule has 4 nitrogen and oxygen atoms in total. The van der Waals surface area contributed by atoms with Crippen molar-refractivity contribution in [3.63, 3.8) is 0 Å². The van der Waals surface area contributed by atoms with Crippen LogP contribution in [-0.2, 0) is 10.2 Å². The maximum absolute atomic E-state index is 15.1. The number of nitrogens with zero attached hydrogens (tertiary/aromatic N) is 2. The summed E-state index contributed by atoms with van der Waals surface area (Å²) in [5.74, 6) is -2.75. The number of aromatic nitrogens is 1. The first-order valence-corrected chi connectivity index (χ1v) is 8.06. The summed E-state index contributed by atoms with van der Waals surface area (Å²) in [6.45, 7) is 4.29. The van der Waals surface area contributed by atoms with Crippen LogP contribution in [0.4, 0.5) is 20.3 Å². The Kier molecular flexibility index (Phi) is 4.21. The number of pyridine rings is 1. The van der Waals surface area contributed by atoms with E-state index < -0.39 is 11.3 Å². The van der Waals surface area contributed by atoms with Crippen LogP contribution in [0.3, 0.4) is 0 Å². The minimum Gasteiger partial charge on any atom is -0.377 e. The molecule has 2 heterocycles. The largest absolute Gasteiger partial charge is 0.377 e. The van der Waals surface area contributed by atoms with Crippen LogP contribution in [0.2, 0.25) is 0 Å². The Labute approximate surface area is 145 Å². The van der Waals surface area contributed by atoms with E-state index in [0.29, 0.717) is 28.2 Å². The monoisotopic (exact) mass is 343 g/mol. The molecule has 0 spiro atoms. The molecule has 0 amide bonds. The van der Waals surface area contributed by atoms with Gasteiger partial charge < -0.3 is 10.1 Å². The molecule has 3 rings (SSSR count). The van der Waals surface area contributed by atoms with Crippen molar-refractivity contribution in [2.75, 3.05) is 11.9 Å². The molecule has 1 aliphatic heterocycles. The SMILES string of the molecule is CC(C)OCC1(C(C)(F)F)c2cc(C#N)ccc2Nc2ncccc21. The van der Waals surface area contributed by atoms with Crippen molar-refractivity contribution in [1.29, 1.82) is 5.26 Å². The maximum Gasteiger partial charge on any atom is 0.261 e. The number of hydrogen-bond donors (Lipinski definition) is 1. The second kappa shape index (κ2) is 6.08. The number of rotatable bonds is 4. The third-order valence-electron chi connectivity index (χ3n) is 4.51. The first-order valence-electron chi connectivity index (χ1n) is 8.06. The van der Waals surface area contributed by atoms with Crippen LogP contribution in [-0.4, -0.2) is 23.6 Å². The zero-order valence-electron chi connectivity index (χ0n) is 14.3. The van der Waals surface area contributed by atoms with E-state index >= 15 is 8.78 Å². The average Bonchev–Trinajstić information content (AvgIpc) is 2.57. The van der Waals surface area contributed by atoms with E-state index in [-0.39, 0.29) is 12.7 Å². The number of nitrogens with one attached hydrogen (secondary N) is 1. The van der Waals surface area contributed by atoms with E-state index in [4.69, 9.17) is 4.74 Å². The molecule has 1 aliphatic rings. The van der Waals surface area contributed by atoms with Gasteiger partial charge in [0.25, 0.3) is 5.92 Å². The van der Waals surface area contributed by atoms with Crippen LogP contribution in [0.5, 0.6) is 0 Å². The molecule has 0 fully saturated rings. The van der Waals surface area contributed by atoms with Gasteiger partial charge in [-0.15, -0.1) is 0 Å². The van der Waals surface area contributed by atoms with Gasteiger partial charge in [-0.25, -0.2) is 13.8 Å². The van der Waals surface area contributed by atoms with E-state index in [9.17, 15) is 5.26 Å². The quantitative estimate of drug-likeness (QED) is 0.895. The molecule has 1 atom stereocenters. The highest BCUT2D eigenvalue weighted by molar-refractivity contribution is 5.75. The molecule has 0 saturated carbocycles. The topological polar surface area (TPSA) is 57.9 Å². The minimum absolute atomic E-state index is 0.211. The summed E-state index contributed by atoms with van der Waals surface area (Å²) in [5.41, 5.74) is -0.176. The van der Waals surface area contributed by atoms with E-state index in [1.165, 1.54) is 6.07 Å². The molecule has 1 aromatic carbocycles. The first-order chi connectivity index (χ1) is 11.8. The molecule has 1 N–H and O–H groups in total. The van der Waals surface area contributed by atoms with Gasteiger partial charge in [-0.3, -0.25) is 0 Å². The van der Waals surface area contributed by atoms with Gasteiger partial charge in [-0.05, 0) is 43.7 Å². The van der Waals surface area contributed by atoms with Gasteiger partial charge in [0.15, 0.2) is 0 Å². The lowest BCUT2D eigenvalue weighted by Crippen LogP contribution is -2.50. The standard InChI is InChI=1S/C19H19F2N3O/c1-12(2)25-11-19(18(3,20)21)14-5-4-8-23-17(14)24-16-7-6-13(10-22)9-15(16)19/h4-9,12H,11H2,1-3H3,(H,23,24). The molecular formula is C19H19F2N3O. The average molecular weight is 343 g/mol. The van der Waals surface area contributed by atoms with Gasteiger partial charge in [-0.2, -0.15) is 5.26 Å². The predicted octanol–water partition coefficient (Wildman–Crippen LogP) is 4.38. The van der Waals surface area contributed by atoms with Crippen molar-refractivity contribution in [2.45, 2.75) is 38.2 Å². The number of ether oxygens (including phenoxy) is 1. The van der Waals surface area contributed by atoms with Crippen LogP contribution in [0.15, 0.2) is 36.5 Å². The number of anilines is 2. The van der Waals surface area contributed by atoms with Crippen LogP contribution in [0.1, 0.15) is 37.5 Å². The molecular weight excluding hydrogens is 324 g/mol. The Morgan fingerprint density at radius 2 is 2.08 bits per heavy atom. The van der Waals surface area contributed by atoms with E-state index in [1.807, 2.05) is 6.07 Å². The smallest absolute Gasteiger partial charge is 0.261 e. The lowest BCUT2D eigenvalue weighted by atomic mass is 9.68. The molecule has 0 saturated heterocycles. The molecule has 0 bridgehead atoms. The van der Waals surface area contributed by atoms with Gasteiger partial charge in [0.1, 0.15) is 11.2 Å². The maximum atomic E-state index is 15.1. The van der Waals surface area contributed by atoms with Crippen molar-refractivity contribution >= 4 is 11.5 Å². The second-order valence-electron chi connectivity index (χ2n) is 6.55. The fourth-order valence-electron chi connectivity index (χ4n) is 3.24. The molecule has 1 aromatic heterocycles. The Morgan fingerprint density at radius 3 is 2.72 bits per heavy atom. The minimum atomic E-state index is -3.13. The summed E-state index contributed by atoms with van der Waals surface area (Å²) in [4.78, 5) is 4.23. The highest BCUT2D eigenvalue weighted by Gasteiger charge is 2.57. The van der Waals surface area contributed by atoms with Crippen molar-refractivity contribution in [2.24, 2.45) is 0 Å². The number of nitriles is 1. The Balaban J connectivity index is 2.33. The predicted molar refractivity (Wildman–Crippen MR) is 91.2 cm³/mol. The summed E-state index contributed by atoms with van der Waals surface area (Å²) < 4.78 is 35.9. The summed E-state index contributed by atoms with van der Waals surface area (Å²) in [5, 5.41) is 12.3. The zero-order valence-corrected chi connectivity index (χ0v) is 14.3. The van der Waals surface area contributed by atoms with Gasteiger partial charge in [0.05, 0.1) is 24.3 Å². The first kappa shape index (κ1) is 17.3. The summed E-state index contributed by atoms with van der Waals surface area (Å²) >= 11 is 0. The second-order valence-corrected chi connectivity index (χ2v) is 6.55. The Bertz CT molecular complexity index is 839. The molecule has 1 unspecified atom stereocenters. The van der Waals surface area contributed by atoms with Gasteiger partial charge in [0, 0.05) is 24.4 Å². The molecule has 25 heavy (non-hydrogen) atoms. The number of alkyl halides is 2. The number of halogens is 2. The fourth-order valence-corrected chi connectivity index (χ4v) is 3.24. The van der Waals surface area contributed by atoms with Crippen LogP contribution >= 0.6 is 0 Å². The molecule has 0 aliphatic carbocycles. The van der Waals surface area contributed by atoms with Crippen molar-refractivity contribution in [3.05, 3.63) is 53.2 Å². The van der Waals surface area contributed by atoms with E-state index in [2.05, 4.69) is 10.3 Å². The van der Waals surface area contributed by atoms with Gasteiger partial charge >= 0.3 is 0 Å². The van der Waals surface area contributed by atoms with Crippen LogP contribution in [0, 0.1) is 11.3 Å². The number of benzene rings is 1. The van der Waals surface area contributed by atoms with Crippen LogP contribution in [0.25, 0.3) is 0 Å². The fraction of sp³-hybridized carbons (Fsp3) is 0.368. The number of fused-ring (bicyclic) bond motifs is 2. The highest BCUT2D eigenvalue weighted by Crippen LogP contribution is 2.53. The molecule has 2 aromatic rings. The molecule has 130 valence electrons. The summed E-state index contributed by atoms with van der Waals surface area (Å²) in [6.07, 6.45) is 1.35. The van der Waals surface area contributed by atoms with Crippen molar-refractivity contribution in [3.8, 4) is 6.07 Å². The zero-order chi connectivity index (χ0) is 18.2. The van der Waals surface area contributed by atoms with Crippen LogP contribution < -0.4 is 5.32 Å². The van der Waals surface area contributed by atoms with Gasteiger partial charge in [0.2, 0.25) is 0 Å². The lowest BCUT2D eigenvalue weighted by molar-refractivity contribution is -0.0868. The van der Waals surface area contributed by atoms with Gasteiger partial charge in [-0.1, -0.05) is 6.07 Å². The van der Waals surface area contributed by atoms with Crippen molar-refractivity contribution in [1.82, 2.24) is 4.98 Å². The summed E-state index contributed by atoms with van der Waals surface area (Å²) in [7, 11) is 0. The third-order valence-corrected chi connectivity index (χ3v) is 4.51. The third kappa shape index (κ3) is 2.75. The normalized spacial score (nSPS) is 18.9. The molecule has 6 heteroatoms. The Morgan fingerprint density at radius 1 is 1.32 bits per heavy atom. The number of hydrogen-bond acceptors (Lipinski definition) is 4. The van der Waals surface area contributed by atoms with E-state index in [1.54, 1.807) is 44.3 Å². The summed E-state index contributed by atoms with van der Waals surface area (Å²) in [6, 6.07) is 10.1. The van der Waals surface area contributed by atoms with Crippen molar-refractivity contribution < 1.29 is 13.5 Å². The molecule has 0 radical (unpaired) electrons. The van der Waals surface area contributed by atoms with E-state index in [0.717, 1.165) is 6.92 Å². The Hall–Kier alpha value is -2.52. The highest BCUT2D eigenvalue weighted by atomic mass is 19.3. The lowest BCUT2D eigenvalue weighted by Gasteiger charge is -2.44.